The molecule has 0 aliphatic rings. The predicted octanol–water partition coefficient (Wildman–Crippen LogP) is 4.39. The quantitative estimate of drug-likeness (QED) is 0.570. The van der Waals surface area contributed by atoms with Crippen molar-refractivity contribution in [2.45, 2.75) is 0 Å². The highest BCUT2D eigenvalue weighted by molar-refractivity contribution is 6.09. The molecule has 0 unspecified atom stereocenters. The van der Waals surface area contributed by atoms with Gasteiger partial charge in [-0.15, -0.1) is 0 Å². The van der Waals surface area contributed by atoms with Gasteiger partial charge in [0.2, 0.25) is 0 Å². The molecule has 1 amide bonds. The van der Waals surface area contributed by atoms with Crippen LogP contribution in [-0.4, -0.2) is 13.0 Å². The number of hydrogen-bond acceptors (Lipinski definition) is 3. The summed E-state index contributed by atoms with van der Waals surface area (Å²) in [6.45, 7) is 0. The fraction of sp³-hybridized carbons (Fsp3) is 0.0476. The zero-order chi connectivity index (χ0) is 17.6. The van der Waals surface area contributed by atoms with Crippen LogP contribution in [0.5, 0.6) is 5.75 Å². The van der Waals surface area contributed by atoms with Gasteiger partial charge >= 0.3 is 0 Å². The lowest BCUT2D eigenvalue weighted by atomic mass is 10.0. The summed E-state index contributed by atoms with van der Waals surface area (Å²) in [5.74, 6) is 0.360. The Bertz CT molecular complexity index is 986. The SMILES string of the molecule is COc1ccc2cc(/C=C(\C#N)C(=O)Nc3ccccc3)ccc2c1. The number of nitrogens with one attached hydrogen (secondary N) is 1. The number of benzene rings is 3. The number of methoxy groups -OCH3 is 1. The zero-order valence-corrected chi connectivity index (χ0v) is 13.7. The monoisotopic (exact) mass is 328 g/mol. The van der Waals surface area contributed by atoms with E-state index in [0.29, 0.717) is 5.69 Å². The van der Waals surface area contributed by atoms with Crippen molar-refractivity contribution in [2.75, 3.05) is 12.4 Å². The highest BCUT2D eigenvalue weighted by Crippen LogP contribution is 2.23. The van der Waals surface area contributed by atoms with Crippen molar-refractivity contribution in [3.8, 4) is 11.8 Å². The van der Waals surface area contributed by atoms with Gasteiger partial charge in [0.05, 0.1) is 7.11 Å². The number of carbonyl (C=O) groups is 1. The van der Waals surface area contributed by atoms with Crippen LogP contribution in [0.15, 0.2) is 72.3 Å². The minimum atomic E-state index is -0.427. The first-order valence-electron chi connectivity index (χ1n) is 7.75. The Morgan fingerprint density at radius 3 is 2.48 bits per heavy atom. The Morgan fingerprint density at radius 1 is 1.04 bits per heavy atom. The van der Waals surface area contributed by atoms with Crippen LogP contribution >= 0.6 is 0 Å². The first kappa shape index (κ1) is 16.3. The first-order valence-corrected chi connectivity index (χ1v) is 7.75. The molecule has 0 spiro atoms. The highest BCUT2D eigenvalue weighted by atomic mass is 16.5. The van der Waals surface area contributed by atoms with E-state index in [1.165, 1.54) is 0 Å². The summed E-state index contributed by atoms with van der Waals surface area (Å²) in [5.41, 5.74) is 1.49. The average molecular weight is 328 g/mol. The molecule has 0 heterocycles. The molecule has 4 nitrogen and oxygen atoms in total. The Hall–Kier alpha value is -3.58. The molecule has 0 saturated carbocycles. The summed E-state index contributed by atoms with van der Waals surface area (Å²) in [4.78, 5) is 12.3. The van der Waals surface area contributed by atoms with E-state index in [1.807, 2.05) is 60.7 Å². The van der Waals surface area contributed by atoms with Crippen molar-refractivity contribution in [3.63, 3.8) is 0 Å². The minimum absolute atomic E-state index is 0.0525. The van der Waals surface area contributed by atoms with Gasteiger partial charge in [0.25, 0.3) is 5.91 Å². The predicted molar refractivity (Wildman–Crippen MR) is 99.2 cm³/mol. The second-order valence-corrected chi connectivity index (χ2v) is 5.46. The lowest BCUT2D eigenvalue weighted by molar-refractivity contribution is -0.112. The standard InChI is InChI=1S/C21H16N2O2/c1-25-20-10-9-16-11-15(7-8-17(16)13-20)12-18(14-22)21(24)23-19-5-3-2-4-6-19/h2-13H,1H3,(H,23,24)/b18-12+. The van der Waals surface area contributed by atoms with Crippen molar-refractivity contribution in [1.29, 1.82) is 5.26 Å². The van der Waals surface area contributed by atoms with Crippen LogP contribution < -0.4 is 10.1 Å². The van der Waals surface area contributed by atoms with Crippen LogP contribution in [-0.2, 0) is 4.79 Å². The molecule has 0 saturated heterocycles. The molecule has 0 aromatic heterocycles. The third-order valence-electron chi connectivity index (χ3n) is 3.78. The molecule has 0 aliphatic heterocycles. The van der Waals surface area contributed by atoms with E-state index >= 15 is 0 Å². The van der Waals surface area contributed by atoms with Gasteiger partial charge in [-0.3, -0.25) is 4.79 Å². The summed E-state index contributed by atoms with van der Waals surface area (Å²) < 4.78 is 5.21. The minimum Gasteiger partial charge on any atom is -0.497 e. The van der Waals surface area contributed by atoms with Gasteiger partial charge in [-0.05, 0) is 52.7 Å². The van der Waals surface area contributed by atoms with Gasteiger partial charge in [0.15, 0.2) is 0 Å². The Labute approximate surface area is 146 Å². The fourth-order valence-electron chi connectivity index (χ4n) is 2.49. The molecule has 3 rings (SSSR count). The third-order valence-corrected chi connectivity index (χ3v) is 3.78. The maximum Gasteiger partial charge on any atom is 0.266 e. The number of ether oxygens (including phenoxy) is 1. The lowest BCUT2D eigenvalue weighted by Gasteiger charge is -2.05. The van der Waals surface area contributed by atoms with E-state index < -0.39 is 5.91 Å². The molecule has 122 valence electrons. The van der Waals surface area contributed by atoms with E-state index in [0.717, 1.165) is 22.1 Å². The van der Waals surface area contributed by atoms with Gasteiger partial charge in [-0.2, -0.15) is 5.26 Å². The normalized spacial score (nSPS) is 11.0. The molecule has 0 radical (unpaired) electrons. The number of carbonyl (C=O) groups excluding carboxylic acids is 1. The van der Waals surface area contributed by atoms with E-state index in [1.54, 1.807) is 25.3 Å². The second-order valence-electron chi connectivity index (χ2n) is 5.46. The number of fused-ring (bicyclic) bond motifs is 1. The largest absolute Gasteiger partial charge is 0.497 e. The molecule has 0 bridgehead atoms. The smallest absolute Gasteiger partial charge is 0.266 e. The molecule has 0 aliphatic carbocycles. The first-order chi connectivity index (χ1) is 12.2. The number of nitriles is 1. The summed E-state index contributed by atoms with van der Waals surface area (Å²) >= 11 is 0. The number of para-hydroxylation sites is 1. The maximum atomic E-state index is 12.3. The summed E-state index contributed by atoms with van der Waals surface area (Å²) in [7, 11) is 1.63. The molecule has 25 heavy (non-hydrogen) atoms. The molecule has 4 heteroatoms. The van der Waals surface area contributed by atoms with Crippen LogP contribution in [0.25, 0.3) is 16.8 Å². The molecule has 3 aromatic rings. The van der Waals surface area contributed by atoms with Crippen LogP contribution in [0.4, 0.5) is 5.69 Å². The maximum absolute atomic E-state index is 12.3. The molecule has 0 fully saturated rings. The number of hydrogen-bond donors (Lipinski definition) is 1. The van der Waals surface area contributed by atoms with Gasteiger partial charge in [0, 0.05) is 5.69 Å². The van der Waals surface area contributed by atoms with E-state index in [9.17, 15) is 10.1 Å². The molecule has 3 aromatic carbocycles. The van der Waals surface area contributed by atoms with E-state index in [2.05, 4.69) is 5.32 Å². The second kappa shape index (κ2) is 7.33. The average Bonchev–Trinajstić information content (AvgIpc) is 2.66. The van der Waals surface area contributed by atoms with E-state index in [4.69, 9.17) is 4.74 Å². The lowest BCUT2D eigenvalue weighted by Crippen LogP contribution is -2.13. The molecular formula is C21H16N2O2. The number of nitrogens with zero attached hydrogens (tertiary/aromatic N) is 1. The third kappa shape index (κ3) is 3.85. The fourth-order valence-corrected chi connectivity index (χ4v) is 2.49. The van der Waals surface area contributed by atoms with E-state index in [-0.39, 0.29) is 5.57 Å². The molecule has 1 N–H and O–H groups in total. The summed E-state index contributed by atoms with van der Waals surface area (Å²) in [6, 6.07) is 22.5. The Balaban J connectivity index is 1.87. The van der Waals surface area contributed by atoms with Crippen LogP contribution in [0, 0.1) is 11.3 Å². The van der Waals surface area contributed by atoms with Crippen molar-refractivity contribution < 1.29 is 9.53 Å². The van der Waals surface area contributed by atoms with Crippen LogP contribution in [0.1, 0.15) is 5.56 Å². The molecular weight excluding hydrogens is 312 g/mol. The van der Waals surface area contributed by atoms with Gasteiger partial charge < -0.3 is 10.1 Å². The Morgan fingerprint density at radius 2 is 1.76 bits per heavy atom. The number of rotatable bonds is 4. The van der Waals surface area contributed by atoms with Crippen molar-refractivity contribution in [3.05, 3.63) is 77.9 Å². The van der Waals surface area contributed by atoms with Gasteiger partial charge in [0.1, 0.15) is 17.4 Å². The van der Waals surface area contributed by atoms with Gasteiger partial charge in [-0.1, -0.05) is 36.4 Å². The number of amides is 1. The van der Waals surface area contributed by atoms with Crippen LogP contribution in [0.3, 0.4) is 0 Å². The van der Waals surface area contributed by atoms with Crippen LogP contribution in [0.2, 0.25) is 0 Å². The van der Waals surface area contributed by atoms with Crippen molar-refractivity contribution in [2.24, 2.45) is 0 Å². The topological polar surface area (TPSA) is 62.1 Å². The highest BCUT2D eigenvalue weighted by Gasteiger charge is 2.09. The Kier molecular flexibility index (Phi) is 4.77. The summed E-state index contributed by atoms with van der Waals surface area (Å²) in [6.07, 6.45) is 1.59. The molecule has 0 atom stereocenters. The number of anilines is 1. The summed E-state index contributed by atoms with van der Waals surface area (Å²) in [5, 5.41) is 14.1. The van der Waals surface area contributed by atoms with Gasteiger partial charge in [-0.25, -0.2) is 0 Å². The van der Waals surface area contributed by atoms with Crippen molar-refractivity contribution >= 4 is 28.4 Å². The van der Waals surface area contributed by atoms with Crippen molar-refractivity contribution in [1.82, 2.24) is 0 Å². The zero-order valence-electron chi connectivity index (χ0n) is 13.7.